The topological polar surface area (TPSA) is 47.3 Å². The fourth-order valence-corrected chi connectivity index (χ4v) is 2.11. The van der Waals surface area contributed by atoms with Gasteiger partial charge >= 0.3 is 0 Å². The molecule has 1 fully saturated rings. The molecule has 3 heteroatoms. The summed E-state index contributed by atoms with van der Waals surface area (Å²) in [6.07, 6.45) is 5.29. The Morgan fingerprint density at radius 2 is 2.08 bits per heavy atom. The fourth-order valence-electron chi connectivity index (χ4n) is 2.11. The maximum absolute atomic E-state index is 5.81. The Bertz CT molecular complexity index is 133. The minimum atomic E-state index is 0.397. The van der Waals surface area contributed by atoms with Gasteiger partial charge in [0, 0.05) is 20.2 Å². The third kappa shape index (κ3) is 3.25. The second kappa shape index (κ2) is 5.58. The van der Waals surface area contributed by atoms with Crippen molar-refractivity contribution in [1.29, 1.82) is 0 Å². The molecule has 0 aliphatic heterocycles. The number of hydrogen-bond acceptors (Lipinski definition) is 3. The van der Waals surface area contributed by atoms with Crippen LogP contribution in [0.5, 0.6) is 0 Å². The van der Waals surface area contributed by atoms with Gasteiger partial charge in [0.05, 0.1) is 6.61 Å². The molecule has 0 atom stereocenters. The molecule has 0 radical (unpaired) electrons. The zero-order valence-electron chi connectivity index (χ0n) is 8.64. The molecule has 0 spiro atoms. The summed E-state index contributed by atoms with van der Waals surface area (Å²) in [7, 11) is 1.73. The van der Waals surface area contributed by atoms with E-state index in [-0.39, 0.29) is 0 Å². The minimum Gasteiger partial charge on any atom is -0.383 e. The zero-order valence-corrected chi connectivity index (χ0v) is 8.64. The summed E-state index contributed by atoms with van der Waals surface area (Å²) in [5.74, 6) is 0. The summed E-state index contributed by atoms with van der Waals surface area (Å²) >= 11 is 0. The molecule has 1 saturated carbocycles. The van der Waals surface area contributed by atoms with Crippen molar-refractivity contribution in [1.82, 2.24) is 5.32 Å². The van der Waals surface area contributed by atoms with Crippen molar-refractivity contribution in [3.63, 3.8) is 0 Å². The molecule has 0 aromatic rings. The van der Waals surface area contributed by atoms with Crippen molar-refractivity contribution in [2.24, 2.45) is 11.1 Å². The van der Waals surface area contributed by atoms with Gasteiger partial charge in [0.15, 0.2) is 0 Å². The molecule has 0 heterocycles. The normalized spacial score (nSPS) is 20.8. The van der Waals surface area contributed by atoms with Crippen LogP contribution >= 0.6 is 0 Å². The number of nitrogens with two attached hydrogens (primary N) is 1. The van der Waals surface area contributed by atoms with E-state index in [0.717, 1.165) is 26.2 Å². The van der Waals surface area contributed by atoms with Crippen LogP contribution in [0, 0.1) is 5.41 Å². The summed E-state index contributed by atoms with van der Waals surface area (Å²) in [6.45, 7) is 3.62. The van der Waals surface area contributed by atoms with Gasteiger partial charge < -0.3 is 15.8 Å². The van der Waals surface area contributed by atoms with E-state index >= 15 is 0 Å². The monoisotopic (exact) mass is 186 g/mol. The first-order chi connectivity index (χ1) is 6.33. The number of ether oxygens (including phenoxy) is 1. The summed E-state index contributed by atoms with van der Waals surface area (Å²) in [6, 6.07) is 0. The van der Waals surface area contributed by atoms with Crippen LogP contribution < -0.4 is 11.1 Å². The van der Waals surface area contributed by atoms with Gasteiger partial charge in [0.1, 0.15) is 0 Å². The standard InChI is InChI=1S/C10H22N2O/c1-13-7-6-12-9-10(8-11)4-2-3-5-10/h12H,2-9,11H2,1H3. The Hall–Kier alpha value is -0.120. The first-order valence-electron chi connectivity index (χ1n) is 5.23. The summed E-state index contributed by atoms with van der Waals surface area (Å²) in [5.41, 5.74) is 6.21. The fraction of sp³-hybridized carbons (Fsp3) is 1.00. The number of rotatable bonds is 6. The highest BCUT2D eigenvalue weighted by Crippen LogP contribution is 2.36. The van der Waals surface area contributed by atoms with Crippen molar-refractivity contribution in [2.75, 3.05) is 33.4 Å². The van der Waals surface area contributed by atoms with Crippen LogP contribution in [-0.2, 0) is 4.74 Å². The van der Waals surface area contributed by atoms with Crippen LogP contribution in [0.15, 0.2) is 0 Å². The molecule has 0 bridgehead atoms. The molecule has 3 nitrogen and oxygen atoms in total. The molecule has 13 heavy (non-hydrogen) atoms. The number of nitrogens with one attached hydrogen (secondary N) is 1. The van der Waals surface area contributed by atoms with Gasteiger partial charge in [-0.3, -0.25) is 0 Å². The highest BCUT2D eigenvalue weighted by atomic mass is 16.5. The van der Waals surface area contributed by atoms with E-state index in [1.165, 1.54) is 25.7 Å². The van der Waals surface area contributed by atoms with E-state index in [1.54, 1.807) is 7.11 Å². The van der Waals surface area contributed by atoms with Gasteiger partial charge in [-0.05, 0) is 24.8 Å². The molecule has 0 unspecified atom stereocenters. The molecular formula is C10H22N2O. The third-order valence-corrected chi connectivity index (χ3v) is 3.08. The largest absolute Gasteiger partial charge is 0.383 e. The lowest BCUT2D eigenvalue weighted by atomic mass is 9.86. The smallest absolute Gasteiger partial charge is 0.0587 e. The Balaban J connectivity index is 2.16. The maximum Gasteiger partial charge on any atom is 0.0587 e. The molecular weight excluding hydrogens is 164 g/mol. The van der Waals surface area contributed by atoms with Gasteiger partial charge in [0.2, 0.25) is 0 Å². The molecule has 78 valence electrons. The van der Waals surface area contributed by atoms with Crippen molar-refractivity contribution >= 4 is 0 Å². The lowest BCUT2D eigenvalue weighted by molar-refractivity contribution is 0.191. The second-order valence-corrected chi connectivity index (χ2v) is 4.08. The lowest BCUT2D eigenvalue weighted by Crippen LogP contribution is -2.39. The van der Waals surface area contributed by atoms with E-state index in [2.05, 4.69) is 5.32 Å². The maximum atomic E-state index is 5.81. The number of hydrogen-bond donors (Lipinski definition) is 2. The van der Waals surface area contributed by atoms with Crippen LogP contribution in [0.2, 0.25) is 0 Å². The van der Waals surface area contributed by atoms with E-state index in [4.69, 9.17) is 10.5 Å². The molecule has 1 rings (SSSR count). The highest BCUT2D eigenvalue weighted by Gasteiger charge is 2.31. The second-order valence-electron chi connectivity index (χ2n) is 4.08. The Labute approximate surface area is 81.0 Å². The van der Waals surface area contributed by atoms with Gasteiger partial charge in [-0.1, -0.05) is 12.8 Å². The predicted molar refractivity (Wildman–Crippen MR) is 54.7 cm³/mol. The lowest BCUT2D eigenvalue weighted by Gasteiger charge is -2.27. The molecule has 1 aliphatic carbocycles. The van der Waals surface area contributed by atoms with Crippen LogP contribution in [0.25, 0.3) is 0 Å². The van der Waals surface area contributed by atoms with Crippen LogP contribution in [-0.4, -0.2) is 33.4 Å². The first-order valence-corrected chi connectivity index (χ1v) is 5.23. The van der Waals surface area contributed by atoms with Gasteiger partial charge in [-0.25, -0.2) is 0 Å². The molecule has 1 aliphatic rings. The molecule has 0 aromatic heterocycles. The minimum absolute atomic E-state index is 0.397. The molecule has 3 N–H and O–H groups in total. The van der Waals surface area contributed by atoms with Crippen LogP contribution in [0.4, 0.5) is 0 Å². The predicted octanol–water partition coefficient (Wildman–Crippen LogP) is 0.741. The highest BCUT2D eigenvalue weighted by molar-refractivity contribution is 4.87. The van der Waals surface area contributed by atoms with E-state index in [0.29, 0.717) is 5.41 Å². The quantitative estimate of drug-likeness (QED) is 0.602. The van der Waals surface area contributed by atoms with Crippen molar-refractivity contribution in [3.8, 4) is 0 Å². The van der Waals surface area contributed by atoms with E-state index < -0.39 is 0 Å². The van der Waals surface area contributed by atoms with Crippen LogP contribution in [0.3, 0.4) is 0 Å². The summed E-state index contributed by atoms with van der Waals surface area (Å²) in [5, 5.41) is 3.42. The first kappa shape index (κ1) is 11.0. The summed E-state index contributed by atoms with van der Waals surface area (Å²) in [4.78, 5) is 0. The number of methoxy groups -OCH3 is 1. The van der Waals surface area contributed by atoms with Gasteiger partial charge in [0.25, 0.3) is 0 Å². The Kier molecular flexibility index (Phi) is 4.70. The van der Waals surface area contributed by atoms with Gasteiger partial charge in [-0.15, -0.1) is 0 Å². The molecule has 0 aromatic carbocycles. The average Bonchev–Trinajstić information content (AvgIpc) is 2.62. The Morgan fingerprint density at radius 3 is 2.62 bits per heavy atom. The SMILES string of the molecule is COCCNCC1(CN)CCCC1. The molecule has 0 saturated heterocycles. The van der Waals surface area contributed by atoms with Crippen molar-refractivity contribution < 1.29 is 4.74 Å². The average molecular weight is 186 g/mol. The Morgan fingerprint density at radius 1 is 1.38 bits per heavy atom. The van der Waals surface area contributed by atoms with Crippen molar-refractivity contribution in [3.05, 3.63) is 0 Å². The van der Waals surface area contributed by atoms with Gasteiger partial charge in [-0.2, -0.15) is 0 Å². The van der Waals surface area contributed by atoms with Crippen molar-refractivity contribution in [2.45, 2.75) is 25.7 Å². The molecule has 0 amide bonds. The zero-order chi connectivity index (χ0) is 9.57. The van der Waals surface area contributed by atoms with E-state index in [1.807, 2.05) is 0 Å². The summed E-state index contributed by atoms with van der Waals surface area (Å²) < 4.78 is 4.98. The van der Waals surface area contributed by atoms with Crippen LogP contribution in [0.1, 0.15) is 25.7 Å². The van der Waals surface area contributed by atoms with E-state index in [9.17, 15) is 0 Å². The third-order valence-electron chi connectivity index (χ3n) is 3.08.